The summed E-state index contributed by atoms with van der Waals surface area (Å²) in [5.41, 5.74) is 6.55. The summed E-state index contributed by atoms with van der Waals surface area (Å²) in [4.78, 5) is 17.5. The number of amides is 1. The lowest BCUT2D eigenvalue weighted by molar-refractivity contribution is -0.120. The maximum atomic E-state index is 11.1. The zero-order chi connectivity index (χ0) is 10.7. The molecule has 1 aliphatic heterocycles. The molecule has 6 heteroatoms. The minimum atomic E-state index is 0.135. The fraction of sp³-hybridized carbons (Fsp3) is 0.556. The molecule has 82 valence electrons. The molecule has 0 aromatic carbocycles. The molecular weight excluding hydrogens is 212 g/mol. The molecule has 0 atom stereocenters. The van der Waals surface area contributed by atoms with Crippen LogP contribution >= 0.6 is 11.3 Å². The SMILES string of the molecule is Nc1nc(CN2CCNC(=O)CC2)cs1. The fourth-order valence-electron chi connectivity index (χ4n) is 1.60. The lowest BCUT2D eigenvalue weighted by atomic mass is 10.3. The third-order valence-corrected chi connectivity index (χ3v) is 3.08. The Morgan fingerprint density at radius 2 is 2.47 bits per heavy atom. The molecular formula is C9H14N4OS. The first-order valence-corrected chi connectivity index (χ1v) is 5.81. The monoisotopic (exact) mass is 226 g/mol. The largest absolute Gasteiger partial charge is 0.375 e. The molecule has 0 bridgehead atoms. The molecule has 2 rings (SSSR count). The second kappa shape index (κ2) is 4.59. The van der Waals surface area contributed by atoms with Crippen molar-refractivity contribution in [2.75, 3.05) is 25.4 Å². The Hall–Kier alpha value is -1.14. The molecule has 0 radical (unpaired) electrons. The van der Waals surface area contributed by atoms with Gasteiger partial charge in [-0.2, -0.15) is 0 Å². The van der Waals surface area contributed by atoms with E-state index in [4.69, 9.17) is 5.73 Å². The van der Waals surface area contributed by atoms with Gasteiger partial charge in [-0.05, 0) is 0 Å². The Morgan fingerprint density at radius 3 is 3.20 bits per heavy atom. The summed E-state index contributed by atoms with van der Waals surface area (Å²) >= 11 is 1.46. The van der Waals surface area contributed by atoms with E-state index in [1.54, 1.807) is 0 Å². The van der Waals surface area contributed by atoms with Crippen molar-refractivity contribution in [3.63, 3.8) is 0 Å². The number of hydrogen-bond donors (Lipinski definition) is 2. The molecule has 1 aromatic heterocycles. The first-order valence-electron chi connectivity index (χ1n) is 4.93. The van der Waals surface area contributed by atoms with Crippen LogP contribution in [0.25, 0.3) is 0 Å². The zero-order valence-corrected chi connectivity index (χ0v) is 9.22. The van der Waals surface area contributed by atoms with Crippen LogP contribution in [0.15, 0.2) is 5.38 Å². The van der Waals surface area contributed by atoms with Gasteiger partial charge in [0.1, 0.15) is 0 Å². The third kappa shape index (κ3) is 2.90. The molecule has 1 saturated heterocycles. The van der Waals surface area contributed by atoms with Crippen LogP contribution < -0.4 is 11.1 Å². The van der Waals surface area contributed by atoms with Crippen LogP contribution in [0, 0.1) is 0 Å². The Morgan fingerprint density at radius 1 is 1.60 bits per heavy atom. The highest BCUT2D eigenvalue weighted by Crippen LogP contribution is 2.13. The summed E-state index contributed by atoms with van der Waals surface area (Å²) in [5.74, 6) is 0.135. The zero-order valence-electron chi connectivity index (χ0n) is 8.40. The van der Waals surface area contributed by atoms with Crippen LogP contribution in [0.1, 0.15) is 12.1 Å². The number of rotatable bonds is 2. The number of thiazole rings is 1. The Balaban J connectivity index is 1.91. The van der Waals surface area contributed by atoms with Gasteiger partial charge in [0.25, 0.3) is 0 Å². The van der Waals surface area contributed by atoms with Crippen LogP contribution in [0.5, 0.6) is 0 Å². The van der Waals surface area contributed by atoms with Gasteiger partial charge in [-0.1, -0.05) is 0 Å². The van der Waals surface area contributed by atoms with Crippen molar-refractivity contribution in [3.05, 3.63) is 11.1 Å². The quantitative estimate of drug-likeness (QED) is 0.747. The van der Waals surface area contributed by atoms with Crippen LogP contribution in [0.4, 0.5) is 5.13 Å². The summed E-state index contributed by atoms with van der Waals surface area (Å²) in [6, 6.07) is 0. The van der Waals surface area contributed by atoms with Gasteiger partial charge in [0.05, 0.1) is 5.69 Å². The topological polar surface area (TPSA) is 71.2 Å². The summed E-state index contributed by atoms with van der Waals surface area (Å²) in [7, 11) is 0. The lowest BCUT2D eigenvalue weighted by Crippen LogP contribution is -2.28. The predicted molar refractivity (Wildman–Crippen MR) is 59.4 cm³/mol. The minimum Gasteiger partial charge on any atom is -0.375 e. The molecule has 0 unspecified atom stereocenters. The number of anilines is 1. The molecule has 0 aliphatic carbocycles. The van der Waals surface area contributed by atoms with Crippen molar-refractivity contribution in [2.45, 2.75) is 13.0 Å². The second-order valence-electron chi connectivity index (χ2n) is 3.55. The Bertz CT molecular complexity index is 352. The average molecular weight is 226 g/mol. The van der Waals surface area contributed by atoms with E-state index in [1.807, 2.05) is 5.38 Å². The number of nitrogens with zero attached hydrogens (tertiary/aromatic N) is 2. The summed E-state index contributed by atoms with van der Waals surface area (Å²) in [5, 5.41) is 5.42. The number of carbonyl (C=O) groups excluding carboxylic acids is 1. The van der Waals surface area contributed by atoms with E-state index in [0.29, 0.717) is 11.6 Å². The Labute approximate surface area is 92.3 Å². The summed E-state index contributed by atoms with van der Waals surface area (Å²) in [6.45, 7) is 3.17. The van der Waals surface area contributed by atoms with E-state index in [1.165, 1.54) is 11.3 Å². The van der Waals surface area contributed by atoms with Gasteiger partial charge in [0.2, 0.25) is 5.91 Å². The van der Waals surface area contributed by atoms with Crippen molar-refractivity contribution in [1.29, 1.82) is 0 Å². The molecule has 5 nitrogen and oxygen atoms in total. The molecule has 15 heavy (non-hydrogen) atoms. The highest BCUT2D eigenvalue weighted by Gasteiger charge is 2.14. The van der Waals surface area contributed by atoms with Crippen molar-refractivity contribution in [1.82, 2.24) is 15.2 Å². The van der Waals surface area contributed by atoms with Crippen LogP contribution in [-0.4, -0.2) is 35.4 Å². The van der Waals surface area contributed by atoms with Crippen molar-refractivity contribution in [3.8, 4) is 0 Å². The normalized spacial score (nSPS) is 18.5. The maximum absolute atomic E-state index is 11.1. The van der Waals surface area contributed by atoms with E-state index in [9.17, 15) is 4.79 Å². The van der Waals surface area contributed by atoms with Gasteiger partial charge < -0.3 is 11.1 Å². The number of nitrogens with two attached hydrogens (primary N) is 1. The maximum Gasteiger partial charge on any atom is 0.221 e. The number of nitrogen functional groups attached to an aromatic ring is 1. The summed E-state index contributed by atoms with van der Waals surface area (Å²) < 4.78 is 0. The van der Waals surface area contributed by atoms with Crippen molar-refractivity contribution in [2.24, 2.45) is 0 Å². The number of carbonyl (C=O) groups is 1. The van der Waals surface area contributed by atoms with Crippen molar-refractivity contribution < 1.29 is 4.79 Å². The minimum absolute atomic E-state index is 0.135. The first kappa shape index (κ1) is 10.4. The van der Waals surface area contributed by atoms with Crippen LogP contribution in [-0.2, 0) is 11.3 Å². The standard InChI is InChI=1S/C9H14N4OS/c10-9-12-7(6-15-9)5-13-3-1-8(14)11-2-4-13/h6H,1-5H2,(H2,10,12)(H,11,14). The number of aromatic nitrogens is 1. The molecule has 1 aliphatic rings. The highest BCUT2D eigenvalue weighted by atomic mass is 32.1. The van der Waals surface area contributed by atoms with Gasteiger partial charge in [0, 0.05) is 38.0 Å². The molecule has 2 heterocycles. The van der Waals surface area contributed by atoms with E-state index >= 15 is 0 Å². The van der Waals surface area contributed by atoms with Gasteiger partial charge >= 0.3 is 0 Å². The average Bonchev–Trinajstić information content (AvgIpc) is 2.48. The first-order chi connectivity index (χ1) is 7.24. The molecule has 1 amide bonds. The van der Waals surface area contributed by atoms with Gasteiger partial charge in [-0.25, -0.2) is 4.98 Å². The van der Waals surface area contributed by atoms with E-state index in [-0.39, 0.29) is 5.91 Å². The molecule has 1 aromatic rings. The van der Waals surface area contributed by atoms with Gasteiger partial charge in [0.15, 0.2) is 5.13 Å². The smallest absolute Gasteiger partial charge is 0.221 e. The van der Waals surface area contributed by atoms with Gasteiger partial charge in [-0.3, -0.25) is 9.69 Å². The van der Waals surface area contributed by atoms with Crippen LogP contribution in [0.3, 0.4) is 0 Å². The third-order valence-electron chi connectivity index (χ3n) is 2.36. The molecule has 1 fully saturated rings. The van der Waals surface area contributed by atoms with E-state index in [0.717, 1.165) is 31.9 Å². The molecule has 0 spiro atoms. The predicted octanol–water partition coefficient (Wildman–Crippen LogP) is 0.0472. The van der Waals surface area contributed by atoms with Gasteiger partial charge in [-0.15, -0.1) is 11.3 Å². The lowest BCUT2D eigenvalue weighted by Gasteiger charge is -2.16. The van der Waals surface area contributed by atoms with Crippen molar-refractivity contribution >= 4 is 22.4 Å². The van der Waals surface area contributed by atoms with E-state index in [2.05, 4.69) is 15.2 Å². The summed E-state index contributed by atoms with van der Waals surface area (Å²) in [6.07, 6.45) is 0.569. The number of hydrogen-bond acceptors (Lipinski definition) is 5. The number of nitrogens with one attached hydrogen (secondary N) is 1. The van der Waals surface area contributed by atoms with Crippen LogP contribution in [0.2, 0.25) is 0 Å². The fourth-order valence-corrected chi connectivity index (χ4v) is 2.15. The highest BCUT2D eigenvalue weighted by molar-refractivity contribution is 7.13. The second-order valence-corrected chi connectivity index (χ2v) is 4.44. The van der Waals surface area contributed by atoms with E-state index < -0.39 is 0 Å². The Kier molecular flexibility index (Phi) is 3.17. The molecule has 3 N–H and O–H groups in total. The molecule has 0 saturated carbocycles.